The third-order valence-corrected chi connectivity index (χ3v) is 8.11. The topological polar surface area (TPSA) is 22.1 Å². The Labute approximate surface area is 231 Å². The fourth-order valence-electron chi connectivity index (χ4n) is 4.51. The van der Waals surface area contributed by atoms with Gasteiger partial charge in [-0.3, -0.25) is 14.2 Å². The summed E-state index contributed by atoms with van der Waals surface area (Å²) in [5.74, 6) is 1.06. The molecule has 1 saturated carbocycles. The van der Waals surface area contributed by atoms with E-state index in [4.69, 9.17) is 4.99 Å². The molecule has 0 N–H and O–H groups in total. The first kappa shape index (κ1) is 30.4. The molecule has 2 aromatic rings. The van der Waals surface area contributed by atoms with Crippen molar-refractivity contribution in [2.75, 3.05) is 39.3 Å². The van der Waals surface area contributed by atoms with Crippen LogP contribution in [0.25, 0.3) is 11.1 Å². The number of nitrogens with zero attached hydrogens (tertiary/aromatic N) is 4. The molecule has 4 nitrogen and oxygen atoms in total. The molecule has 38 heavy (non-hydrogen) atoms. The molecule has 0 amide bonds. The van der Waals surface area contributed by atoms with E-state index < -0.39 is 11.7 Å². The van der Waals surface area contributed by atoms with Crippen molar-refractivity contribution in [1.82, 2.24) is 14.1 Å². The summed E-state index contributed by atoms with van der Waals surface area (Å²) in [6, 6.07) is 14.0. The van der Waals surface area contributed by atoms with Gasteiger partial charge in [-0.15, -0.1) is 0 Å². The number of guanidine groups is 1. The lowest BCUT2D eigenvalue weighted by Gasteiger charge is -2.44. The van der Waals surface area contributed by atoms with Gasteiger partial charge in [-0.25, -0.2) is 0 Å². The minimum absolute atomic E-state index is 0.573. The van der Waals surface area contributed by atoms with Crippen LogP contribution in [0.1, 0.15) is 65.4 Å². The third kappa shape index (κ3) is 8.15. The molecule has 2 aromatic carbocycles. The molecular formula is C30H43F3N4S. The van der Waals surface area contributed by atoms with Crippen molar-refractivity contribution in [2.24, 2.45) is 4.99 Å². The van der Waals surface area contributed by atoms with Crippen LogP contribution in [0, 0.1) is 0 Å². The Morgan fingerprint density at radius 1 is 0.868 bits per heavy atom. The zero-order valence-corrected chi connectivity index (χ0v) is 24.1. The Morgan fingerprint density at radius 3 is 2.08 bits per heavy atom. The van der Waals surface area contributed by atoms with Gasteiger partial charge >= 0.3 is 6.18 Å². The molecule has 2 fully saturated rings. The van der Waals surface area contributed by atoms with Gasteiger partial charge in [0.25, 0.3) is 0 Å². The highest BCUT2D eigenvalue weighted by molar-refractivity contribution is 7.97. The highest BCUT2D eigenvalue weighted by atomic mass is 32.2. The second kappa shape index (κ2) is 14.8. The summed E-state index contributed by atoms with van der Waals surface area (Å²) < 4.78 is 41.3. The summed E-state index contributed by atoms with van der Waals surface area (Å²) in [4.78, 5) is 10.8. The number of unbranched alkanes of at least 4 members (excludes halogenated alkanes) is 1. The fourth-order valence-corrected chi connectivity index (χ4v) is 5.45. The maximum atomic E-state index is 13.0. The van der Waals surface area contributed by atoms with E-state index in [1.807, 2.05) is 38.1 Å². The Hall–Kier alpha value is -2.19. The van der Waals surface area contributed by atoms with Gasteiger partial charge in [0.15, 0.2) is 0 Å². The normalized spacial score (nSPS) is 18.1. The van der Waals surface area contributed by atoms with E-state index in [-0.39, 0.29) is 0 Å². The lowest BCUT2D eigenvalue weighted by Crippen LogP contribution is -2.55. The predicted octanol–water partition coefficient (Wildman–Crippen LogP) is 8.05. The van der Waals surface area contributed by atoms with Crippen molar-refractivity contribution in [2.45, 2.75) is 76.9 Å². The number of rotatable bonds is 5. The third-order valence-electron chi connectivity index (χ3n) is 7.06. The summed E-state index contributed by atoms with van der Waals surface area (Å²) in [7, 11) is 0. The summed E-state index contributed by atoms with van der Waals surface area (Å²) in [5, 5.41) is 0. The van der Waals surface area contributed by atoms with Crippen LogP contribution >= 0.6 is 11.9 Å². The molecule has 210 valence electrons. The Kier molecular flexibility index (Phi) is 11.8. The van der Waals surface area contributed by atoms with Crippen LogP contribution in [0.5, 0.6) is 0 Å². The van der Waals surface area contributed by atoms with Crippen molar-refractivity contribution in [3.63, 3.8) is 0 Å². The standard InChI is InChI=1S/C24H27F3N4S.C4H10.C2H6/c25-24(26,27)20-4-1-3-19(17-20)18-7-9-22(10-8-18)32-31-12-11-28-23(31)30-15-13-29(14-16-30)21-5-2-6-21;1-3-4-2;1-2/h1,3-4,7-10,17,21H,2,5-6,11-16H2;3-4H2,1-2H3;1-2H3. The van der Waals surface area contributed by atoms with Crippen LogP contribution in [0.3, 0.4) is 0 Å². The van der Waals surface area contributed by atoms with Crippen molar-refractivity contribution in [1.29, 1.82) is 0 Å². The zero-order valence-electron chi connectivity index (χ0n) is 23.3. The molecule has 0 atom stereocenters. The van der Waals surface area contributed by atoms with Gasteiger partial charge in [0.1, 0.15) is 0 Å². The number of aliphatic imine (C=N–C) groups is 1. The minimum Gasteiger partial charge on any atom is -0.340 e. The van der Waals surface area contributed by atoms with E-state index in [2.05, 4.69) is 28.0 Å². The summed E-state index contributed by atoms with van der Waals surface area (Å²) in [6.45, 7) is 14.3. The summed E-state index contributed by atoms with van der Waals surface area (Å²) in [5.41, 5.74) is 0.732. The number of hydrogen-bond acceptors (Lipinski definition) is 5. The molecule has 5 rings (SSSR count). The number of halogens is 3. The average molecular weight is 549 g/mol. The van der Waals surface area contributed by atoms with Gasteiger partial charge < -0.3 is 4.90 Å². The molecule has 1 aliphatic carbocycles. The molecule has 0 unspecified atom stereocenters. The Balaban J connectivity index is 0.000000612. The number of alkyl halides is 3. The summed E-state index contributed by atoms with van der Waals surface area (Å²) in [6.07, 6.45) is 2.37. The Morgan fingerprint density at radius 2 is 1.53 bits per heavy atom. The van der Waals surface area contributed by atoms with E-state index in [1.165, 1.54) is 44.2 Å². The number of hydrogen-bond donors (Lipinski definition) is 0. The van der Waals surface area contributed by atoms with Gasteiger partial charge in [-0.1, -0.05) is 71.2 Å². The van der Waals surface area contributed by atoms with Gasteiger partial charge in [0, 0.05) is 37.1 Å². The maximum Gasteiger partial charge on any atom is 0.416 e. The molecule has 0 spiro atoms. The number of piperazine rings is 1. The van der Waals surface area contributed by atoms with Crippen LogP contribution in [0.15, 0.2) is 58.4 Å². The molecule has 2 heterocycles. The molecule has 8 heteroatoms. The first-order valence-corrected chi connectivity index (χ1v) is 14.9. The predicted molar refractivity (Wildman–Crippen MR) is 154 cm³/mol. The monoisotopic (exact) mass is 548 g/mol. The van der Waals surface area contributed by atoms with Crippen molar-refractivity contribution in [3.05, 3.63) is 54.1 Å². The van der Waals surface area contributed by atoms with Gasteiger partial charge in [0.2, 0.25) is 5.96 Å². The second-order valence-corrected chi connectivity index (χ2v) is 10.7. The van der Waals surface area contributed by atoms with Crippen LogP contribution in [0.4, 0.5) is 13.2 Å². The molecule has 1 saturated heterocycles. The quantitative estimate of drug-likeness (QED) is 0.353. The Bertz CT molecular complexity index is 995. The highest BCUT2D eigenvalue weighted by Gasteiger charge is 2.32. The van der Waals surface area contributed by atoms with Crippen LogP contribution in [-0.2, 0) is 6.18 Å². The maximum absolute atomic E-state index is 13.0. The lowest BCUT2D eigenvalue weighted by atomic mass is 9.91. The van der Waals surface area contributed by atoms with Crippen LogP contribution in [0.2, 0.25) is 0 Å². The molecule has 0 radical (unpaired) electrons. The zero-order chi connectivity index (χ0) is 27.5. The highest BCUT2D eigenvalue weighted by Crippen LogP contribution is 2.34. The van der Waals surface area contributed by atoms with Crippen molar-refractivity contribution >= 4 is 17.9 Å². The molecular weight excluding hydrogens is 505 g/mol. The summed E-state index contributed by atoms with van der Waals surface area (Å²) >= 11 is 1.65. The molecule has 2 aliphatic heterocycles. The van der Waals surface area contributed by atoms with E-state index in [1.54, 1.807) is 18.0 Å². The smallest absolute Gasteiger partial charge is 0.340 e. The lowest BCUT2D eigenvalue weighted by molar-refractivity contribution is -0.137. The second-order valence-electron chi connectivity index (χ2n) is 9.59. The van der Waals surface area contributed by atoms with Gasteiger partial charge in [0.05, 0.1) is 18.7 Å². The fraction of sp³-hybridized carbons (Fsp3) is 0.567. The molecule has 3 aliphatic rings. The first-order valence-electron chi connectivity index (χ1n) is 14.2. The van der Waals surface area contributed by atoms with E-state index >= 15 is 0 Å². The average Bonchev–Trinajstić information content (AvgIpc) is 3.37. The molecule has 0 bridgehead atoms. The van der Waals surface area contributed by atoms with Crippen LogP contribution in [-0.4, -0.2) is 65.4 Å². The van der Waals surface area contributed by atoms with E-state index in [0.717, 1.165) is 67.8 Å². The van der Waals surface area contributed by atoms with Crippen LogP contribution < -0.4 is 0 Å². The van der Waals surface area contributed by atoms with Crippen molar-refractivity contribution in [3.8, 4) is 11.1 Å². The first-order chi connectivity index (χ1) is 18.4. The van der Waals surface area contributed by atoms with E-state index in [0.29, 0.717) is 5.56 Å². The van der Waals surface area contributed by atoms with Crippen molar-refractivity contribution < 1.29 is 13.2 Å². The van der Waals surface area contributed by atoms with Gasteiger partial charge in [-0.2, -0.15) is 13.2 Å². The SMILES string of the molecule is CC.CCCC.FC(F)(F)c1cccc(-c2ccc(SN3CCN=C3N3CCN(C4CCC4)CC3)cc2)c1. The largest absolute Gasteiger partial charge is 0.416 e. The number of benzene rings is 2. The minimum atomic E-state index is -4.33. The molecule has 0 aromatic heterocycles. The van der Waals surface area contributed by atoms with E-state index in [9.17, 15) is 13.2 Å². The van der Waals surface area contributed by atoms with Gasteiger partial charge in [-0.05, 0) is 60.2 Å².